The zero-order chi connectivity index (χ0) is 14.7. The van der Waals surface area contributed by atoms with Gasteiger partial charge in [-0.05, 0) is 30.2 Å². The molecule has 1 heterocycles. The lowest BCUT2D eigenvalue weighted by molar-refractivity contribution is 0.300. The van der Waals surface area contributed by atoms with E-state index < -0.39 is 0 Å². The molecule has 0 fully saturated rings. The van der Waals surface area contributed by atoms with Crippen molar-refractivity contribution >= 4 is 32.4 Å². The highest BCUT2D eigenvalue weighted by molar-refractivity contribution is 7.22. The number of rotatable bonds is 4. The van der Waals surface area contributed by atoms with Gasteiger partial charge in [-0.2, -0.15) is 0 Å². The van der Waals surface area contributed by atoms with Gasteiger partial charge in [0.15, 0.2) is 0 Å². The van der Waals surface area contributed by atoms with Crippen molar-refractivity contribution in [3.8, 4) is 5.75 Å². The van der Waals surface area contributed by atoms with Gasteiger partial charge in [0.25, 0.3) is 0 Å². The van der Waals surface area contributed by atoms with Crippen LogP contribution in [0.25, 0.3) is 10.2 Å². The summed E-state index contributed by atoms with van der Waals surface area (Å²) in [4.78, 5) is 4.30. The average molecular weight is 299 g/mol. The molecule has 106 valence electrons. The fraction of sp³-hybridized carbons (Fsp3) is 0.133. The fourth-order valence-electron chi connectivity index (χ4n) is 1.99. The van der Waals surface area contributed by atoms with Crippen LogP contribution in [-0.2, 0) is 6.42 Å². The van der Waals surface area contributed by atoms with Crippen molar-refractivity contribution in [1.82, 2.24) is 4.98 Å². The molecule has 0 unspecified atom stereocenters. The van der Waals surface area contributed by atoms with E-state index in [1.807, 2.05) is 30.3 Å². The molecule has 0 aliphatic carbocycles. The number of hydrogen-bond donors (Lipinski definition) is 2. The first-order valence-electron chi connectivity index (χ1n) is 6.47. The predicted octanol–water partition coefficient (Wildman–Crippen LogP) is 3.95. The first kappa shape index (κ1) is 13.7. The molecule has 0 amide bonds. The minimum absolute atomic E-state index is 0.0542. The van der Waals surface area contributed by atoms with Crippen LogP contribution in [0.5, 0.6) is 5.75 Å². The molecule has 0 bridgehead atoms. The Balaban J connectivity index is 1.99. The maximum absolute atomic E-state index is 9.87. The first-order valence-corrected chi connectivity index (χ1v) is 7.28. The van der Waals surface area contributed by atoms with Crippen LogP contribution in [0.4, 0.5) is 10.8 Å². The number of azo groups is 1. The molecule has 2 aromatic carbocycles. The minimum Gasteiger partial charge on any atom is -0.506 e. The Hall–Kier alpha value is -2.31. The summed E-state index contributed by atoms with van der Waals surface area (Å²) in [6.45, 7) is 0.0542. The summed E-state index contributed by atoms with van der Waals surface area (Å²) in [5.74, 6) is 0.115. The summed E-state index contributed by atoms with van der Waals surface area (Å²) in [6, 6.07) is 12.8. The third-order valence-corrected chi connectivity index (χ3v) is 4.00. The molecule has 3 rings (SSSR count). The minimum atomic E-state index is 0.0542. The Morgan fingerprint density at radius 3 is 2.62 bits per heavy atom. The number of phenols is 1. The van der Waals surface area contributed by atoms with Crippen molar-refractivity contribution in [3.63, 3.8) is 0 Å². The number of hydrogen-bond acceptors (Lipinski definition) is 6. The van der Waals surface area contributed by atoms with E-state index >= 15 is 0 Å². The second kappa shape index (κ2) is 5.99. The number of aromatic hydroxyl groups is 1. The lowest BCUT2D eigenvalue weighted by Gasteiger charge is -2.00. The summed E-state index contributed by atoms with van der Waals surface area (Å²) >= 11 is 1.35. The first-order chi connectivity index (χ1) is 10.3. The number of aliphatic hydroxyl groups is 1. The number of fused-ring (bicyclic) bond motifs is 1. The van der Waals surface area contributed by atoms with Gasteiger partial charge in [0.1, 0.15) is 11.3 Å². The molecule has 2 N–H and O–H groups in total. The van der Waals surface area contributed by atoms with Gasteiger partial charge < -0.3 is 10.2 Å². The van der Waals surface area contributed by atoms with E-state index in [0.717, 1.165) is 16.0 Å². The summed E-state index contributed by atoms with van der Waals surface area (Å²) in [5.41, 5.74) is 2.20. The average Bonchev–Trinajstić information content (AvgIpc) is 2.95. The van der Waals surface area contributed by atoms with E-state index in [1.165, 1.54) is 11.3 Å². The number of benzene rings is 2. The van der Waals surface area contributed by atoms with E-state index in [4.69, 9.17) is 5.11 Å². The van der Waals surface area contributed by atoms with Crippen molar-refractivity contribution in [1.29, 1.82) is 0 Å². The summed E-state index contributed by atoms with van der Waals surface area (Å²) in [5, 5.41) is 27.7. The number of aliphatic hydroxyl groups excluding tert-OH is 1. The highest BCUT2D eigenvalue weighted by Crippen LogP contribution is 2.36. The highest BCUT2D eigenvalue weighted by atomic mass is 32.1. The van der Waals surface area contributed by atoms with Crippen molar-refractivity contribution in [2.75, 3.05) is 6.61 Å². The van der Waals surface area contributed by atoms with Gasteiger partial charge in [0.2, 0.25) is 5.13 Å². The molecule has 0 saturated carbocycles. The summed E-state index contributed by atoms with van der Waals surface area (Å²) in [7, 11) is 0. The van der Waals surface area contributed by atoms with Crippen molar-refractivity contribution < 1.29 is 10.2 Å². The van der Waals surface area contributed by atoms with E-state index in [1.54, 1.807) is 12.1 Å². The molecular formula is C15H13N3O2S. The van der Waals surface area contributed by atoms with Crippen LogP contribution in [0.3, 0.4) is 0 Å². The molecular weight excluding hydrogens is 286 g/mol. The lowest BCUT2D eigenvalue weighted by atomic mass is 10.1. The topological polar surface area (TPSA) is 78.1 Å². The van der Waals surface area contributed by atoms with Crippen molar-refractivity contribution in [2.45, 2.75) is 6.42 Å². The van der Waals surface area contributed by atoms with Crippen LogP contribution in [0, 0.1) is 0 Å². The van der Waals surface area contributed by atoms with E-state index in [9.17, 15) is 5.11 Å². The molecule has 1 aromatic heterocycles. The molecule has 6 heteroatoms. The quantitative estimate of drug-likeness (QED) is 0.716. The normalized spacial score (nSPS) is 11.5. The van der Waals surface area contributed by atoms with E-state index in [-0.39, 0.29) is 12.4 Å². The molecule has 3 aromatic rings. The molecule has 0 aliphatic rings. The number of aromatic nitrogens is 1. The zero-order valence-electron chi connectivity index (χ0n) is 11.1. The second-order valence-corrected chi connectivity index (χ2v) is 5.40. The zero-order valence-corrected chi connectivity index (χ0v) is 11.9. The Morgan fingerprint density at radius 2 is 1.86 bits per heavy atom. The maximum atomic E-state index is 9.87. The Labute approximate surface area is 125 Å². The SMILES string of the molecule is OCCc1ccc(O)c2nc(N=Nc3ccccc3)sc12. The van der Waals surface area contributed by atoms with Crippen LogP contribution in [0.2, 0.25) is 0 Å². The molecule has 0 spiro atoms. The second-order valence-electron chi connectivity index (χ2n) is 4.43. The lowest BCUT2D eigenvalue weighted by Crippen LogP contribution is -1.90. The third-order valence-electron chi connectivity index (χ3n) is 2.98. The molecule has 0 aliphatic heterocycles. The maximum Gasteiger partial charge on any atom is 0.231 e. The van der Waals surface area contributed by atoms with Crippen LogP contribution < -0.4 is 0 Å². The van der Waals surface area contributed by atoms with Crippen molar-refractivity contribution in [2.24, 2.45) is 10.2 Å². The van der Waals surface area contributed by atoms with Gasteiger partial charge in [-0.1, -0.05) is 35.6 Å². The third kappa shape index (κ3) is 2.91. The van der Waals surface area contributed by atoms with Gasteiger partial charge in [-0.3, -0.25) is 0 Å². The van der Waals surface area contributed by atoms with E-state index in [0.29, 0.717) is 17.1 Å². The van der Waals surface area contributed by atoms with Crippen LogP contribution >= 0.6 is 11.3 Å². The highest BCUT2D eigenvalue weighted by Gasteiger charge is 2.11. The van der Waals surface area contributed by atoms with E-state index in [2.05, 4.69) is 15.2 Å². The Bertz CT molecular complexity index is 784. The Kier molecular flexibility index (Phi) is 3.89. The van der Waals surface area contributed by atoms with Crippen LogP contribution in [0.15, 0.2) is 52.7 Å². The van der Waals surface area contributed by atoms with Gasteiger partial charge in [0.05, 0.1) is 10.4 Å². The van der Waals surface area contributed by atoms with Gasteiger partial charge in [0, 0.05) is 6.61 Å². The monoisotopic (exact) mass is 299 g/mol. The molecule has 5 nitrogen and oxygen atoms in total. The molecule has 21 heavy (non-hydrogen) atoms. The molecule has 0 radical (unpaired) electrons. The Morgan fingerprint density at radius 1 is 1.05 bits per heavy atom. The standard InChI is InChI=1S/C15H13N3O2S/c19-9-8-10-6-7-12(20)13-14(10)21-15(16-13)18-17-11-4-2-1-3-5-11/h1-7,19-20H,8-9H2. The molecule has 0 atom stereocenters. The predicted molar refractivity (Wildman–Crippen MR) is 82.7 cm³/mol. The number of nitrogens with zero attached hydrogens (tertiary/aromatic N) is 3. The van der Waals surface area contributed by atoms with Crippen molar-refractivity contribution in [3.05, 3.63) is 48.0 Å². The van der Waals surface area contributed by atoms with Gasteiger partial charge in [-0.25, -0.2) is 4.98 Å². The number of phenolic OH excluding ortho intramolecular Hbond substituents is 1. The van der Waals surface area contributed by atoms with Gasteiger partial charge in [-0.15, -0.1) is 10.2 Å². The van der Waals surface area contributed by atoms with Crippen LogP contribution in [-0.4, -0.2) is 21.8 Å². The largest absolute Gasteiger partial charge is 0.506 e. The fourth-order valence-corrected chi connectivity index (χ4v) is 2.94. The number of thiazole rings is 1. The summed E-state index contributed by atoms with van der Waals surface area (Å²) < 4.78 is 0.839. The summed E-state index contributed by atoms with van der Waals surface area (Å²) in [6.07, 6.45) is 0.522. The molecule has 0 saturated heterocycles. The van der Waals surface area contributed by atoms with Crippen LogP contribution in [0.1, 0.15) is 5.56 Å². The van der Waals surface area contributed by atoms with Gasteiger partial charge >= 0.3 is 0 Å². The smallest absolute Gasteiger partial charge is 0.231 e.